The molecule has 0 spiro atoms. The van der Waals surface area contributed by atoms with Crippen molar-refractivity contribution in [1.82, 2.24) is 25.1 Å². The average molecular weight is 724 g/mol. The van der Waals surface area contributed by atoms with Gasteiger partial charge in [0.1, 0.15) is 0 Å². The van der Waals surface area contributed by atoms with Gasteiger partial charge >= 0.3 is 24.2 Å². The number of rotatable bonds is 8. The number of carbonyl (C=O) groups is 1. The van der Waals surface area contributed by atoms with Crippen LogP contribution in [0.5, 0.6) is 5.88 Å². The molecular formula is C31H31F6N9O5. The third-order valence-corrected chi connectivity index (χ3v) is 8.74. The number of hydrogen-bond donors (Lipinski definition) is 3. The van der Waals surface area contributed by atoms with Gasteiger partial charge in [-0.15, -0.1) is 0 Å². The quantitative estimate of drug-likeness (QED) is 0.200. The van der Waals surface area contributed by atoms with Crippen LogP contribution in [0.25, 0.3) is 0 Å². The van der Waals surface area contributed by atoms with Crippen molar-refractivity contribution in [1.29, 1.82) is 0 Å². The van der Waals surface area contributed by atoms with Gasteiger partial charge in [0.2, 0.25) is 17.8 Å². The van der Waals surface area contributed by atoms with Gasteiger partial charge in [-0.25, -0.2) is 24.5 Å². The zero-order valence-corrected chi connectivity index (χ0v) is 27.0. The van der Waals surface area contributed by atoms with Gasteiger partial charge in [-0.3, -0.25) is 14.4 Å². The van der Waals surface area contributed by atoms with Gasteiger partial charge in [-0.1, -0.05) is 6.92 Å². The van der Waals surface area contributed by atoms with Gasteiger partial charge in [0.05, 0.1) is 53.2 Å². The van der Waals surface area contributed by atoms with Crippen LogP contribution in [0.15, 0.2) is 45.8 Å². The van der Waals surface area contributed by atoms with E-state index >= 15 is 0 Å². The molecule has 5 heterocycles. The van der Waals surface area contributed by atoms with Gasteiger partial charge in [0, 0.05) is 44.7 Å². The summed E-state index contributed by atoms with van der Waals surface area (Å²) >= 11 is 0. The normalized spacial score (nSPS) is 18.1. The Balaban J connectivity index is 1.38. The van der Waals surface area contributed by atoms with Crippen molar-refractivity contribution < 1.29 is 45.5 Å². The molecule has 3 N–H and O–H groups in total. The SMILES string of the molecule is CC[C@@H]1C[C@H](Nc2ncc(N3CCN(c4noc(=O)[nH]4)CC3)c(Cc3cc(C(F)(F)F)cc(C(F)(F)F)c3)n2)c2nc(OC)ccc2N1C(=O)O. The predicted molar refractivity (Wildman–Crippen MR) is 169 cm³/mol. The van der Waals surface area contributed by atoms with Crippen LogP contribution in [0.3, 0.4) is 0 Å². The lowest BCUT2D eigenvalue weighted by Crippen LogP contribution is -2.47. The molecule has 3 aromatic heterocycles. The number of aromatic amines is 1. The van der Waals surface area contributed by atoms with E-state index in [4.69, 9.17) is 4.74 Å². The van der Waals surface area contributed by atoms with Gasteiger partial charge in [-0.05, 0) is 47.8 Å². The number of ether oxygens (including phenoxy) is 1. The summed E-state index contributed by atoms with van der Waals surface area (Å²) in [6.45, 7) is 3.09. The molecule has 0 radical (unpaired) electrons. The summed E-state index contributed by atoms with van der Waals surface area (Å²) in [5.74, 6) is -0.309. The molecule has 6 rings (SSSR count). The third kappa shape index (κ3) is 7.48. The summed E-state index contributed by atoms with van der Waals surface area (Å²) < 4.78 is 92.4. The minimum Gasteiger partial charge on any atom is -0.481 e. The minimum atomic E-state index is -5.04. The van der Waals surface area contributed by atoms with Crippen molar-refractivity contribution in [3.63, 3.8) is 0 Å². The van der Waals surface area contributed by atoms with Crippen molar-refractivity contribution in [3.05, 3.63) is 75.2 Å². The summed E-state index contributed by atoms with van der Waals surface area (Å²) in [5, 5.41) is 16.8. The number of nitrogens with one attached hydrogen (secondary N) is 2. The van der Waals surface area contributed by atoms with Crippen LogP contribution in [-0.4, -0.2) is 75.6 Å². The number of alkyl halides is 6. The largest absolute Gasteiger partial charge is 0.481 e. The molecule has 2 aliphatic heterocycles. The van der Waals surface area contributed by atoms with E-state index in [1.54, 1.807) is 11.0 Å². The Morgan fingerprint density at radius 3 is 2.25 bits per heavy atom. The first-order valence-corrected chi connectivity index (χ1v) is 15.7. The summed E-state index contributed by atoms with van der Waals surface area (Å²) in [6.07, 6.45) is -9.56. The van der Waals surface area contributed by atoms with Crippen molar-refractivity contribution in [3.8, 4) is 5.88 Å². The molecule has 4 aromatic rings. The van der Waals surface area contributed by atoms with Gasteiger partial charge in [0.15, 0.2) is 0 Å². The molecule has 0 aliphatic carbocycles. The maximum Gasteiger partial charge on any atom is 0.440 e. The van der Waals surface area contributed by atoms with Crippen molar-refractivity contribution in [2.24, 2.45) is 0 Å². The number of fused-ring (bicyclic) bond motifs is 1. The second-order valence-electron chi connectivity index (χ2n) is 11.9. The van der Waals surface area contributed by atoms with Crippen LogP contribution in [-0.2, 0) is 18.8 Å². The highest BCUT2D eigenvalue weighted by Crippen LogP contribution is 2.41. The molecule has 0 unspecified atom stereocenters. The fourth-order valence-corrected chi connectivity index (χ4v) is 6.31. The second kappa shape index (κ2) is 13.6. The third-order valence-electron chi connectivity index (χ3n) is 8.74. The zero-order chi connectivity index (χ0) is 36.7. The molecule has 0 bridgehead atoms. The minimum absolute atomic E-state index is 0.00484. The van der Waals surface area contributed by atoms with E-state index in [1.165, 1.54) is 24.3 Å². The number of amides is 1. The summed E-state index contributed by atoms with van der Waals surface area (Å²) in [7, 11) is 1.40. The van der Waals surface area contributed by atoms with Crippen LogP contribution >= 0.6 is 0 Å². The number of hydrogen-bond acceptors (Lipinski definition) is 11. The standard InChI is InChI=1S/C31H31F6N9O5/c1-3-19-14-21(25-22(46(19)29(48)49)4-5-24(41-25)50-2)40-26-38-15-23(44-6-8-45(9-7-44)27-42-28(47)51-43-27)20(39-26)12-16-10-17(30(32,33)34)13-18(11-16)31(35,36)37/h4-5,10-11,13,15,19,21H,3,6-9,12,14H2,1-2H3,(H,48,49)(H,38,39,40)(H,42,43,47)/t19-,21+/m1/s1. The monoisotopic (exact) mass is 723 g/mol. The van der Waals surface area contributed by atoms with Crippen molar-refractivity contribution >= 4 is 29.4 Å². The summed E-state index contributed by atoms with van der Waals surface area (Å²) in [4.78, 5) is 44.5. The lowest BCUT2D eigenvalue weighted by molar-refractivity contribution is -0.143. The molecule has 51 heavy (non-hydrogen) atoms. The number of carboxylic acid groups (broad SMARTS) is 1. The number of aromatic nitrogens is 5. The molecule has 1 saturated heterocycles. The average Bonchev–Trinajstić information content (AvgIpc) is 3.53. The van der Waals surface area contributed by atoms with E-state index in [1.807, 2.05) is 11.8 Å². The molecule has 14 nitrogen and oxygen atoms in total. The Labute approximate surface area is 285 Å². The van der Waals surface area contributed by atoms with Crippen LogP contribution in [0.1, 0.15) is 53.9 Å². The molecule has 20 heteroatoms. The number of halogens is 6. The van der Waals surface area contributed by atoms with Crippen LogP contribution in [0.2, 0.25) is 0 Å². The highest BCUT2D eigenvalue weighted by molar-refractivity contribution is 5.88. The van der Waals surface area contributed by atoms with Crippen molar-refractivity contribution in [2.75, 3.05) is 53.3 Å². The maximum atomic E-state index is 13.8. The van der Waals surface area contributed by atoms with Crippen LogP contribution in [0.4, 0.5) is 54.4 Å². The molecule has 2 atom stereocenters. The topological polar surface area (TPSA) is 166 Å². The first kappa shape index (κ1) is 35.3. The van der Waals surface area contributed by atoms with E-state index in [2.05, 4.69) is 34.9 Å². The number of anilines is 4. The van der Waals surface area contributed by atoms with E-state index in [9.17, 15) is 41.0 Å². The lowest BCUT2D eigenvalue weighted by atomic mass is 9.93. The molecule has 2 aliphatic rings. The molecular weight excluding hydrogens is 692 g/mol. The smallest absolute Gasteiger partial charge is 0.440 e. The van der Waals surface area contributed by atoms with Crippen LogP contribution < -0.4 is 30.5 Å². The predicted octanol–water partition coefficient (Wildman–Crippen LogP) is 5.33. The second-order valence-corrected chi connectivity index (χ2v) is 11.9. The number of H-pyrrole nitrogens is 1. The summed E-state index contributed by atoms with van der Waals surface area (Å²) in [6, 6.07) is 3.37. The Kier molecular flexibility index (Phi) is 9.43. The van der Waals surface area contributed by atoms with Gasteiger partial charge in [0.25, 0.3) is 0 Å². The lowest BCUT2D eigenvalue weighted by Gasteiger charge is -2.38. The van der Waals surface area contributed by atoms with Crippen LogP contribution in [0, 0.1) is 0 Å². The Bertz CT molecular complexity index is 1930. The molecule has 1 aromatic carbocycles. The number of benzene rings is 1. The Morgan fingerprint density at radius 2 is 1.69 bits per heavy atom. The highest BCUT2D eigenvalue weighted by Gasteiger charge is 2.39. The molecule has 0 saturated carbocycles. The first-order valence-electron chi connectivity index (χ1n) is 15.7. The molecule has 272 valence electrons. The number of nitrogens with zero attached hydrogens (tertiary/aromatic N) is 7. The molecule has 1 amide bonds. The fourth-order valence-electron chi connectivity index (χ4n) is 6.31. The number of methoxy groups -OCH3 is 1. The van der Waals surface area contributed by atoms with E-state index in [0.29, 0.717) is 61.8 Å². The number of piperazine rings is 1. The van der Waals surface area contributed by atoms with Gasteiger partial charge < -0.3 is 25.0 Å². The Hall–Kier alpha value is -5.56. The molecule has 1 fully saturated rings. The maximum absolute atomic E-state index is 13.8. The number of pyridine rings is 1. The van der Waals surface area contributed by atoms with Crippen molar-refractivity contribution in [2.45, 2.75) is 50.6 Å². The van der Waals surface area contributed by atoms with E-state index in [0.717, 1.165) is 0 Å². The highest BCUT2D eigenvalue weighted by atomic mass is 19.4. The zero-order valence-electron chi connectivity index (χ0n) is 27.0. The van der Waals surface area contributed by atoms with E-state index in [-0.39, 0.29) is 41.5 Å². The first-order chi connectivity index (χ1) is 24.1. The fraction of sp³-hybridized carbons (Fsp3) is 0.419. The van der Waals surface area contributed by atoms with Gasteiger partial charge in [-0.2, -0.15) is 26.3 Å². The summed E-state index contributed by atoms with van der Waals surface area (Å²) in [5.41, 5.74) is -2.05. The Morgan fingerprint density at radius 1 is 1.02 bits per heavy atom. The van der Waals surface area contributed by atoms with E-state index < -0.39 is 53.8 Å².